The molecule has 26 heavy (non-hydrogen) atoms. The highest BCUT2D eigenvalue weighted by Crippen LogP contribution is 2.43. The molecule has 1 amide bonds. The summed E-state index contributed by atoms with van der Waals surface area (Å²) >= 11 is 0. The molecule has 3 aliphatic rings. The molecule has 1 unspecified atom stereocenters. The molecule has 0 aromatic heterocycles. The molecule has 2 fully saturated rings. The summed E-state index contributed by atoms with van der Waals surface area (Å²) in [6.45, 7) is 1.11. The Morgan fingerprint density at radius 1 is 1.19 bits per heavy atom. The summed E-state index contributed by atoms with van der Waals surface area (Å²) in [6.07, 6.45) is 1.36. The molecule has 10 heteroatoms. The van der Waals surface area contributed by atoms with Gasteiger partial charge in [-0.25, -0.2) is 12.7 Å². The number of sulfonamides is 1. The van der Waals surface area contributed by atoms with Crippen molar-refractivity contribution in [1.29, 1.82) is 0 Å². The Bertz CT molecular complexity index is 737. The number of piperidine rings is 1. The Hall–Kier alpha value is -1.39. The average molecular weight is 394 g/mol. The molecule has 1 aliphatic carbocycles. The van der Waals surface area contributed by atoms with Gasteiger partial charge < -0.3 is 4.90 Å². The van der Waals surface area contributed by atoms with Crippen LogP contribution in [0.5, 0.6) is 0 Å². The lowest BCUT2D eigenvalue weighted by Gasteiger charge is -2.36. The predicted molar refractivity (Wildman–Crippen MR) is 87.2 cm³/mol. The SMILES string of the molecule is CS(=O)(=O)N1CCC2(CCN(C3=CCC(OC(F)(F)F)C=C3)C2=O)CC1. The largest absolute Gasteiger partial charge is 0.523 e. The van der Waals surface area contributed by atoms with Crippen LogP contribution in [0.25, 0.3) is 0 Å². The van der Waals surface area contributed by atoms with Crippen LogP contribution < -0.4 is 0 Å². The Morgan fingerprint density at radius 2 is 1.81 bits per heavy atom. The van der Waals surface area contributed by atoms with Crippen molar-refractivity contribution in [2.75, 3.05) is 25.9 Å². The molecule has 1 spiro atoms. The molecule has 0 N–H and O–H groups in total. The first-order valence-electron chi connectivity index (χ1n) is 8.40. The monoisotopic (exact) mass is 394 g/mol. The van der Waals surface area contributed by atoms with Crippen molar-refractivity contribution in [3.63, 3.8) is 0 Å². The Labute approximate surface area is 150 Å². The number of nitrogens with zero attached hydrogens (tertiary/aromatic N) is 2. The third-order valence-corrected chi connectivity index (χ3v) is 6.60. The van der Waals surface area contributed by atoms with Gasteiger partial charge in [0, 0.05) is 25.3 Å². The van der Waals surface area contributed by atoms with Gasteiger partial charge in [-0.1, -0.05) is 12.2 Å². The number of allylic oxidation sites excluding steroid dienone is 1. The maximum absolute atomic E-state index is 12.9. The van der Waals surface area contributed by atoms with E-state index in [2.05, 4.69) is 4.74 Å². The topological polar surface area (TPSA) is 66.9 Å². The van der Waals surface area contributed by atoms with Gasteiger partial charge in [-0.15, -0.1) is 13.2 Å². The maximum Gasteiger partial charge on any atom is 0.523 e. The van der Waals surface area contributed by atoms with Crippen LogP contribution in [0, 0.1) is 5.41 Å². The second kappa shape index (κ2) is 6.65. The number of carbonyl (C=O) groups is 1. The van der Waals surface area contributed by atoms with Gasteiger partial charge in [0.15, 0.2) is 0 Å². The number of rotatable bonds is 3. The fourth-order valence-electron chi connectivity index (χ4n) is 3.83. The first-order valence-corrected chi connectivity index (χ1v) is 10.3. The van der Waals surface area contributed by atoms with Crippen LogP contribution in [0.4, 0.5) is 13.2 Å². The smallest absolute Gasteiger partial charge is 0.312 e. The summed E-state index contributed by atoms with van der Waals surface area (Å²) < 4.78 is 65.4. The lowest BCUT2D eigenvalue weighted by Crippen LogP contribution is -2.46. The van der Waals surface area contributed by atoms with E-state index in [0.29, 0.717) is 44.6 Å². The van der Waals surface area contributed by atoms with Gasteiger partial charge in [-0.2, -0.15) is 0 Å². The molecule has 6 nitrogen and oxygen atoms in total. The Balaban J connectivity index is 1.63. The minimum Gasteiger partial charge on any atom is -0.312 e. The molecular formula is C16H21F3N2O4S. The van der Waals surface area contributed by atoms with Crippen molar-refractivity contribution in [2.45, 2.75) is 38.1 Å². The first-order chi connectivity index (χ1) is 12.0. The molecule has 146 valence electrons. The zero-order chi connectivity index (χ0) is 19.2. The third-order valence-electron chi connectivity index (χ3n) is 5.30. The number of carbonyl (C=O) groups excluding carboxylic acids is 1. The van der Waals surface area contributed by atoms with Crippen LogP contribution >= 0.6 is 0 Å². The van der Waals surface area contributed by atoms with Crippen molar-refractivity contribution in [3.8, 4) is 0 Å². The molecule has 0 aromatic rings. The minimum absolute atomic E-state index is 0.0456. The average Bonchev–Trinajstić information content (AvgIpc) is 2.83. The van der Waals surface area contributed by atoms with Crippen molar-refractivity contribution in [1.82, 2.24) is 9.21 Å². The van der Waals surface area contributed by atoms with E-state index in [1.54, 1.807) is 11.0 Å². The molecule has 0 bridgehead atoms. The molecule has 0 aromatic carbocycles. The summed E-state index contributed by atoms with van der Waals surface area (Å²) in [6, 6.07) is 0. The predicted octanol–water partition coefficient (Wildman–Crippen LogP) is 2.01. The van der Waals surface area contributed by atoms with E-state index in [9.17, 15) is 26.4 Å². The van der Waals surface area contributed by atoms with Gasteiger partial charge >= 0.3 is 6.36 Å². The van der Waals surface area contributed by atoms with E-state index in [0.717, 1.165) is 6.26 Å². The standard InChI is InChI=1S/C16H21F3N2O4S/c1-26(23,24)20-9-6-15(7-10-20)8-11-21(14(15)22)12-2-4-13(5-3-12)25-16(17,18)19/h2-4,13H,5-11H2,1H3. The Kier molecular flexibility index (Phi) is 4.95. The summed E-state index contributed by atoms with van der Waals surface area (Å²) in [5, 5.41) is 0. The van der Waals surface area contributed by atoms with Gasteiger partial charge in [0.05, 0.1) is 17.8 Å². The summed E-state index contributed by atoms with van der Waals surface area (Å²) in [7, 11) is -3.26. The lowest BCUT2D eigenvalue weighted by molar-refractivity contribution is -0.336. The van der Waals surface area contributed by atoms with E-state index in [4.69, 9.17) is 0 Å². The van der Waals surface area contributed by atoms with Crippen LogP contribution in [0.2, 0.25) is 0 Å². The molecule has 1 atom stereocenters. The molecule has 2 heterocycles. The van der Waals surface area contributed by atoms with Crippen molar-refractivity contribution < 1.29 is 31.1 Å². The number of hydrogen-bond donors (Lipinski definition) is 0. The zero-order valence-electron chi connectivity index (χ0n) is 14.3. The number of hydrogen-bond acceptors (Lipinski definition) is 4. The second-order valence-electron chi connectivity index (χ2n) is 6.98. The fourth-order valence-corrected chi connectivity index (χ4v) is 4.67. The van der Waals surface area contributed by atoms with Crippen molar-refractivity contribution in [3.05, 3.63) is 23.9 Å². The molecule has 3 rings (SSSR count). The number of likely N-dealkylation sites (tertiary alicyclic amines) is 1. The molecule has 0 saturated carbocycles. The highest BCUT2D eigenvalue weighted by atomic mass is 32.2. The highest BCUT2D eigenvalue weighted by molar-refractivity contribution is 7.88. The summed E-state index contributed by atoms with van der Waals surface area (Å²) in [5.74, 6) is -0.0725. The van der Waals surface area contributed by atoms with Crippen molar-refractivity contribution in [2.24, 2.45) is 5.41 Å². The van der Waals surface area contributed by atoms with E-state index in [1.807, 2.05) is 0 Å². The number of halogens is 3. The normalized spacial score (nSPS) is 27.2. The van der Waals surface area contributed by atoms with Gasteiger partial charge in [-0.3, -0.25) is 9.53 Å². The van der Waals surface area contributed by atoms with Crippen molar-refractivity contribution >= 4 is 15.9 Å². The molecular weight excluding hydrogens is 373 g/mol. The Morgan fingerprint density at radius 3 is 2.31 bits per heavy atom. The quantitative estimate of drug-likeness (QED) is 0.735. The van der Waals surface area contributed by atoms with Crippen LogP contribution in [0.1, 0.15) is 25.7 Å². The van der Waals surface area contributed by atoms with Crippen LogP contribution in [-0.4, -0.2) is 61.9 Å². The van der Waals surface area contributed by atoms with Crippen LogP contribution in [0.3, 0.4) is 0 Å². The van der Waals surface area contributed by atoms with E-state index in [1.165, 1.54) is 16.5 Å². The van der Waals surface area contributed by atoms with Crippen LogP contribution in [0.15, 0.2) is 23.9 Å². The molecule has 2 aliphatic heterocycles. The number of amides is 1. The summed E-state index contributed by atoms with van der Waals surface area (Å²) in [5.41, 5.74) is 0.00860. The van der Waals surface area contributed by atoms with E-state index >= 15 is 0 Å². The van der Waals surface area contributed by atoms with Crippen LogP contribution in [-0.2, 0) is 19.6 Å². The summed E-state index contributed by atoms with van der Waals surface area (Å²) in [4.78, 5) is 14.5. The van der Waals surface area contributed by atoms with Gasteiger partial charge in [0.1, 0.15) is 0 Å². The fraction of sp³-hybridized carbons (Fsp3) is 0.688. The number of alkyl halides is 3. The molecule has 2 saturated heterocycles. The van der Waals surface area contributed by atoms with Gasteiger partial charge in [0.2, 0.25) is 15.9 Å². The van der Waals surface area contributed by atoms with Gasteiger partial charge in [0.25, 0.3) is 0 Å². The lowest BCUT2D eigenvalue weighted by atomic mass is 9.77. The maximum atomic E-state index is 12.9. The van der Waals surface area contributed by atoms with E-state index in [-0.39, 0.29) is 12.3 Å². The van der Waals surface area contributed by atoms with Gasteiger partial charge in [-0.05, 0) is 31.8 Å². The molecule has 0 radical (unpaired) electrons. The zero-order valence-corrected chi connectivity index (χ0v) is 15.1. The first kappa shape index (κ1) is 19.4. The second-order valence-corrected chi connectivity index (χ2v) is 8.96. The third kappa shape index (κ3) is 3.96. The minimum atomic E-state index is -4.69. The van der Waals surface area contributed by atoms with E-state index < -0.39 is 27.9 Å². The highest BCUT2D eigenvalue weighted by Gasteiger charge is 2.49. The number of ether oxygens (including phenoxy) is 1.